The Morgan fingerprint density at radius 2 is 1.86 bits per heavy atom. The molecule has 0 aliphatic rings. The fourth-order valence-electron chi connectivity index (χ4n) is 2.34. The molecule has 2 rings (SSSR count). The molecule has 1 N–H and O–H groups in total. The predicted octanol–water partition coefficient (Wildman–Crippen LogP) is 5.03. The topological polar surface area (TPSA) is 21.3 Å². The molecule has 0 bridgehead atoms. The Hall–Kier alpha value is -0.840. The molecule has 1 atom stereocenters. The molecule has 0 saturated carbocycles. The van der Waals surface area contributed by atoms with Crippen LogP contribution in [0.2, 0.25) is 0 Å². The van der Waals surface area contributed by atoms with E-state index in [1.807, 2.05) is 13.1 Å². The van der Waals surface area contributed by atoms with Crippen molar-refractivity contribution >= 4 is 31.9 Å². The molecule has 0 aliphatic heterocycles. The highest BCUT2D eigenvalue weighted by Crippen LogP contribution is 2.28. The summed E-state index contributed by atoms with van der Waals surface area (Å²) in [6.45, 7) is 2.12. The molecule has 0 radical (unpaired) electrons. The highest BCUT2D eigenvalue weighted by Gasteiger charge is 2.12. The van der Waals surface area contributed by atoms with Crippen molar-refractivity contribution < 1.29 is 4.74 Å². The Bertz CT molecular complexity index is 628. The van der Waals surface area contributed by atoms with Gasteiger partial charge in [0.1, 0.15) is 5.75 Å². The van der Waals surface area contributed by atoms with Crippen LogP contribution in [0, 0.1) is 6.92 Å². The summed E-state index contributed by atoms with van der Waals surface area (Å²) < 4.78 is 7.41. The van der Waals surface area contributed by atoms with E-state index in [-0.39, 0.29) is 6.04 Å². The summed E-state index contributed by atoms with van der Waals surface area (Å²) in [6.07, 6.45) is 0.931. The first-order valence-electron chi connectivity index (χ1n) is 6.81. The largest absolute Gasteiger partial charge is 0.496 e. The maximum absolute atomic E-state index is 5.28. The van der Waals surface area contributed by atoms with Crippen LogP contribution < -0.4 is 10.1 Å². The second kappa shape index (κ2) is 7.43. The molecule has 112 valence electrons. The van der Waals surface area contributed by atoms with Gasteiger partial charge in [-0.2, -0.15) is 0 Å². The van der Waals surface area contributed by atoms with E-state index in [9.17, 15) is 0 Å². The van der Waals surface area contributed by atoms with Crippen LogP contribution in [-0.4, -0.2) is 14.2 Å². The van der Waals surface area contributed by atoms with Gasteiger partial charge in [0.15, 0.2) is 0 Å². The van der Waals surface area contributed by atoms with Crippen molar-refractivity contribution in [3.05, 3.63) is 62.0 Å². The molecule has 0 aliphatic carbocycles. The van der Waals surface area contributed by atoms with Crippen molar-refractivity contribution in [2.75, 3.05) is 14.2 Å². The van der Waals surface area contributed by atoms with Crippen LogP contribution in [0.25, 0.3) is 0 Å². The predicted molar refractivity (Wildman–Crippen MR) is 95.1 cm³/mol. The van der Waals surface area contributed by atoms with Crippen molar-refractivity contribution in [3.63, 3.8) is 0 Å². The van der Waals surface area contributed by atoms with Gasteiger partial charge in [-0.05, 0) is 71.2 Å². The number of rotatable bonds is 5. The summed E-state index contributed by atoms with van der Waals surface area (Å²) in [5, 5.41) is 3.40. The summed E-state index contributed by atoms with van der Waals surface area (Å²) in [5.41, 5.74) is 3.82. The van der Waals surface area contributed by atoms with Gasteiger partial charge in [-0.25, -0.2) is 0 Å². The van der Waals surface area contributed by atoms with Crippen molar-refractivity contribution in [1.29, 1.82) is 0 Å². The standard InChI is InChI=1S/C17H19Br2NO/c1-11-8-13(5-6-14(11)18)16(20-2)10-12-4-7-17(21-3)15(19)9-12/h4-9,16,20H,10H2,1-3H3. The lowest BCUT2D eigenvalue weighted by molar-refractivity contribution is 0.412. The highest BCUT2D eigenvalue weighted by molar-refractivity contribution is 9.10. The second-order valence-corrected chi connectivity index (χ2v) is 6.73. The van der Waals surface area contributed by atoms with Gasteiger partial charge in [0.25, 0.3) is 0 Å². The minimum absolute atomic E-state index is 0.289. The van der Waals surface area contributed by atoms with Gasteiger partial charge in [-0.1, -0.05) is 34.1 Å². The third-order valence-corrected chi connectivity index (χ3v) is 5.10. The van der Waals surface area contributed by atoms with E-state index in [4.69, 9.17) is 4.74 Å². The first-order valence-corrected chi connectivity index (χ1v) is 8.39. The van der Waals surface area contributed by atoms with Crippen LogP contribution in [-0.2, 0) is 6.42 Å². The Kier molecular flexibility index (Phi) is 5.85. The van der Waals surface area contributed by atoms with Crippen LogP contribution in [0.4, 0.5) is 0 Å². The van der Waals surface area contributed by atoms with Crippen LogP contribution in [0.1, 0.15) is 22.7 Å². The zero-order valence-corrected chi connectivity index (χ0v) is 15.6. The summed E-state index contributed by atoms with van der Waals surface area (Å²) in [7, 11) is 3.68. The number of hydrogen-bond acceptors (Lipinski definition) is 2. The van der Waals surface area contributed by atoms with Crippen LogP contribution in [0.5, 0.6) is 5.75 Å². The molecule has 2 aromatic rings. The van der Waals surface area contributed by atoms with E-state index in [0.29, 0.717) is 0 Å². The molecule has 0 amide bonds. The van der Waals surface area contributed by atoms with Gasteiger partial charge in [0.2, 0.25) is 0 Å². The quantitative estimate of drug-likeness (QED) is 0.743. The van der Waals surface area contributed by atoms with E-state index < -0.39 is 0 Å². The lowest BCUT2D eigenvalue weighted by atomic mass is 9.97. The Morgan fingerprint density at radius 1 is 1.10 bits per heavy atom. The van der Waals surface area contributed by atoms with Gasteiger partial charge in [0, 0.05) is 10.5 Å². The van der Waals surface area contributed by atoms with Crippen molar-refractivity contribution in [1.82, 2.24) is 5.32 Å². The monoisotopic (exact) mass is 411 g/mol. The zero-order valence-electron chi connectivity index (χ0n) is 12.4. The van der Waals surface area contributed by atoms with Gasteiger partial charge < -0.3 is 10.1 Å². The summed E-state index contributed by atoms with van der Waals surface area (Å²) in [4.78, 5) is 0. The average Bonchev–Trinajstić information content (AvgIpc) is 2.48. The Morgan fingerprint density at radius 3 is 2.43 bits per heavy atom. The smallest absolute Gasteiger partial charge is 0.133 e. The third-order valence-electron chi connectivity index (χ3n) is 3.59. The molecule has 1 unspecified atom stereocenters. The average molecular weight is 413 g/mol. The fraction of sp³-hybridized carbons (Fsp3) is 0.294. The number of methoxy groups -OCH3 is 1. The van der Waals surface area contributed by atoms with Gasteiger partial charge in [0.05, 0.1) is 11.6 Å². The third kappa shape index (κ3) is 4.09. The number of ether oxygens (including phenoxy) is 1. The lowest BCUT2D eigenvalue weighted by Crippen LogP contribution is -2.19. The first kappa shape index (κ1) is 16.5. The molecule has 0 aromatic heterocycles. The van der Waals surface area contributed by atoms with Gasteiger partial charge in [-0.3, -0.25) is 0 Å². The molecule has 21 heavy (non-hydrogen) atoms. The van der Waals surface area contributed by atoms with E-state index in [1.165, 1.54) is 16.7 Å². The van der Waals surface area contributed by atoms with Crippen molar-refractivity contribution in [2.24, 2.45) is 0 Å². The van der Waals surface area contributed by atoms with E-state index >= 15 is 0 Å². The van der Waals surface area contributed by atoms with Crippen molar-refractivity contribution in [2.45, 2.75) is 19.4 Å². The summed E-state index contributed by atoms with van der Waals surface area (Å²) >= 11 is 7.10. The minimum atomic E-state index is 0.289. The molecule has 0 heterocycles. The summed E-state index contributed by atoms with van der Waals surface area (Å²) in [6, 6.07) is 13.0. The molecular formula is C17H19Br2NO. The number of hydrogen-bond donors (Lipinski definition) is 1. The number of halogens is 2. The molecular weight excluding hydrogens is 394 g/mol. The maximum Gasteiger partial charge on any atom is 0.133 e. The molecule has 0 saturated heterocycles. The van der Waals surface area contributed by atoms with Crippen LogP contribution in [0.3, 0.4) is 0 Å². The van der Waals surface area contributed by atoms with Crippen LogP contribution >= 0.6 is 31.9 Å². The molecule has 2 nitrogen and oxygen atoms in total. The number of benzene rings is 2. The first-order chi connectivity index (χ1) is 10.0. The van der Waals surface area contributed by atoms with Gasteiger partial charge in [-0.15, -0.1) is 0 Å². The van der Waals surface area contributed by atoms with E-state index in [0.717, 1.165) is 21.1 Å². The highest BCUT2D eigenvalue weighted by atomic mass is 79.9. The van der Waals surface area contributed by atoms with Crippen molar-refractivity contribution in [3.8, 4) is 5.75 Å². The Labute approximate surface area is 143 Å². The van der Waals surface area contributed by atoms with Crippen LogP contribution in [0.15, 0.2) is 45.3 Å². The molecule has 2 aromatic carbocycles. The number of nitrogens with one attached hydrogen (secondary N) is 1. The molecule has 0 spiro atoms. The molecule has 0 fully saturated rings. The zero-order chi connectivity index (χ0) is 15.4. The van der Waals surface area contributed by atoms with Gasteiger partial charge >= 0.3 is 0 Å². The summed E-state index contributed by atoms with van der Waals surface area (Å²) in [5.74, 6) is 0.860. The fourth-order valence-corrected chi connectivity index (χ4v) is 3.18. The van der Waals surface area contributed by atoms with E-state index in [2.05, 4.69) is 74.4 Å². The lowest BCUT2D eigenvalue weighted by Gasteiger charge is -2.18. The van der Waals surface area contributed by atoms with E-state index in [1.54, 1.807) is 7.11 Å². The minimum Gasteiger partial charge on any atom is -0.496 e. The number of likely N-dealkylation sites (N-methyl/N-ethyl adjacent to an activating group) is 1. The normalized spacial score (nSPS) is 12.2. The Balaban J connectivity index is 2.22. The maximum atomic E-state index is 5.28. The number of aryl methyl sites for hydroxylation is 1. The second-order valence-electron chi connectivity index (χ2n) is 5.02. The SMILES string of the molecule is CNC(Cc1ccc(OC)c(Br)c1)c1ccc(Br)c(C)c1. The molecule has 4 heteroatoms.